The van der Waals surface area contributed by atoms with Crippen LogP contribution in [0.4, 0.5) is 0 Å². The highest BCUT2D eigenvalue weighted by Gasteiger charge is 2.30. The molecule has 7 heteroatoms. The van der Waals surface area contributed by atoms with E-state index in [4.69, 9.17) is 4.74 Å². The molecule has 1 fully saturated rings. The SMILES string of the molecule is COc1cccc([C@H]2CCCN2C(=O)c2ccc(-c3nnn(C)n3)cc2)c1. The Morgan fingerprint density at radius 2 is 2.00 bits per heavy atom. The average Bonchev–Trinajstić information content (AvgIpc) is 3.37. The summed E-state index contributed by atoms with van der Waals surface area (Å²) in [5.41, 5.74) is 2.61. The van der Waals surface area contributed by atoms with Crippen molar-refractivity contribution in [1.82, 2.24) is 25.1 Å². The first-order valence-corrected chi connectivity index (χ1v) is 8.95. The number of ether oxygens (including phenoxy) is 1. The molecular weight excluding hydrogens is 342 g/mol. The summed E-state index contributed by atoms with van der Waals surface area (Å²) < 4.78 is 5.33. The number of hydrogen-bond donors (Lipinski definition) is 0. The van der Waals surface area contributed by atoms with E-state index in [1.807, 2.05) is 47.4 Å². The molecule has 0 spiro atoms. The van der Waals surface area contributed by atoms with Crippen molar-refractivity contribution in [2.75, 3.05) is 13.7 Å². The second-order valence-corrected chi connectivity index (χ2v) is 6.61. The summed E-state index contributed by atoms with van der Waals surface area (Å²) in [7, 11) is 3.38. The third kappa shape index (κ3) is 3.40. The summed E-state index contributed by atoms with van der Waals surface area (Å²) in [5, 5.41) is 12.0. The highest BCUT2D eigenvalue weighted by Crippen LogP contribution is 2.34. The standard InChI is InChI=1S/C20H21N5O2/c1-24-22-19(21-23-24)14-8-10-15(11-9-14)20(26)25-12-4-7-18(25)16-5-3-6-17(13-16)27-2/h3,5-6,8-11,13,18H,4,7,12H2,1-2H3/t18-/m1/s1. The van der Waals surface area contributed by atoms with E-state index < -0.39 is 0 Å². The lowest BCUT2D eigenvalue weighted by atomic mass is 10.0. The average molecular weight is 363 g/mol. The molecule has 3 aromatic rings. The van der Waals surface area contributed by atoms with E-state index in [2.05, 4.69) is 21.5 Å². The van der Waals surface area contributed by atoms with Crippen LogP contribution >= 0.6 is 0 Å². The van der Waals surface area contributed by atoms with Gasteiger partial charge in [0.15, 0.2) is 0 Å². The van der Waals surface area contributed by atoms with Gasteiger partial charge in [0.2, 0.25) is 5.82 Å². The van der Waals surface area contributed by atoms with Crippen LogP contribution in [0.2, 0.25) is 0 Å². The molecule has 0 aliphatic carbocycles. The molecule has 138 valence electrons. The van der Waals surface area contributed by atoms with Crippen LogP contribution in [0.1, 0.15) is 34.8 Å². The molecule has 0 N–H and O–H groups in total. The van der Waals surface area contributed by atoms with E-state index in [0.717, 1.165) is 36.3 Å². The van der Waals surface area contributed by atoms with Crippen molar-refractivity contribution in [1.29, 1.82) is 0 Å². The van der Waals surface area contributed by atoms with Crippen LogP contribution < -0.4 is 4.74 Å². The smallest absolute Gasteiger partial charge is 0.254 e. The highest BCUT2D eigenvalue weighted by atomic mass is 16.5. The van der Waals surface area contributed by atoms with E-state index >= 15 is 0 Å². The van der Waals surface area contributed by atoms with E-state index in [1.54, 1.807) is 14.2 Å². The van der Waals surface area contributed by atoms with Gasteiger partial charge in [-0.3, -0.25) is 4.79 Å². The number of methoxy groups -OCH3 is 1. The minimum absolute atomic E-state index is 0.0407. The van der Waals surface area contributed by atoms with E-state index in [-0.39, 0.29) is 11.9 Å². The Balaban J connectivity index is 1.56. The van der Waals surface area contributed by atoms with Gasteiger partial charge in [0.05, 0.1) is 20.2 Å². The minimum Gasteiger partial charge on any atom is -0.497 e. The summed E-state index contributed by atoms with van der Waals surface area (Å²) in [6.45, 7) is 0.758. The third-order valence-electron chi connectivity index (χ3n) is 4.89. The normalized spacial score (nSPS) is 16.5. The van der Waals surface area contributed by atoms with Crippen LogP contribution in [-0.2, 0) is 7.05 Å². The second-order valence-electron chi connectivity index (χ2n) is 6.61. The van der Waals surface area contributed by atoms with Crippen molar-refractivity contribution < 1.29 is 9.53 Å². The monoisotopic (exact) mass is 363 g/mol. The lowest BCUT2D eigenvalue weighted by Crippen LogP contribution is -2.30. The van der Waals surface area contributed by atoms with Crippen molar-refractivity contribution in [3.63, 3.8) is 0 Å². The predicted octanol–water partition coefficient (Wildman–Crippen LogP) is 2.86. The quantitative estimate of drug-likeness (QED) is 0.713. The predicted molar refractivity (Wildman–Crippen MR) is 100 cm³/mol. The van der Waals surface area contributed by atoms with Crippen LogP contribution in [-0.4, -0.2) is 44.7 Å². The van der Waals surface area contributed by atoms with Gasteiger partial charge in [0.25, 0.3) is 5.91 Å². The molecule has 2 aromatic carbocycles. The van der Waals surface area contributed by atoms with Gasteiger partial charge in [0, 0.05) is 17.7 Å². The van der Waals surface area contributed by atoms with Crippen LogP contribution in [0, 0.1) is 0 Å². The molecule has 7 nitrogen and oxygen atoms in total. The van der Waals surface area contributed by atoms with Crippen LogP contribution in [0.5, 0.6) is 5.75 Å². The zero-order chi connectivity index (χ0) is 18.8. The summed E-state index contributed by atoms with van der Waals surface area (Å²) in [4.78, 5) is 16.4. The van der Waals surface area contributed by atoms with Gasteiger partial charge in [0.1, 0.15) is 5.75 Å². The highest BCUT2D eigenvalue weighted by molar-refractivity contribution is 5.95. The fourth-order valence-corrected chi connectivity index (χ4v) is 3.53. The summed E-state index contributed by atoms with van der Waals surface area (Å²) in [6, 6.07) is 15.4. The maximum atomic E-state index is 13.1. The van der Waals surface area contributed by atoms with Crippen molar-refractivity contribution in [3.8, 4) is 17.1 Å². The number of tetrazole rings is 1. The summed E-state index contributed by atoms with van der Waals surface area (Å²) in [5.74, 6) is 1.40. The van der Waals surface area contributed by atoms with Gasteiger partial charge in [-0.2, -0.15) is 4.80 Å². The molecule has 1 amide bonds. The number of hydrogen-bond acceptors (Lipinski definition) is 5. The third-order valence-corrected chi connectivity index (χ3v) is 4.89. The first-order chi connectivity index (χ1) is 13.2. The fraction of sp³-hybridized carbons (Fsp3) is 0.300. The van der Waals surface area contributed by atoms with Gasteiger partial charge in [-0.15, -0.1) is 10.2 Å². The number of amides is 1. The Morgan fingerprint density at radius 1 is 1.19 bits per heavy atom. The number of aryl methyl sites for hydroxylation is 1. The zero-order valence-corrected chi connectivity index (χ0v) is 15.4. The molecule has 1 aliphatic heterocycles. The van der Waals surface area contributed by atoms with Gasteiger partial charge in [-0.05, 0) is 47.9 Å². The number of likely N-dealkylation sites (tertiary alicyclic amines) is 1. The Labute approximate surface area is 157 Å². The molecule has 0 unspecified atom stereocenters. The molecule has 0 bridgehead atoms. The maximum absolute atomic E-state index is 13.1. The van der Waals surface area contributed by atoms with E-state index in [0.29, 0.717) is 11.4 Å². The van der Waals surface area contributed by atoms with Crippen molar-refractivity contribution in [3.05, 3.63) is 59.7 Å². The zero-order valence-electron chi connectivity index (χ0n) is 15.4. The van der Waals surface area contributed by atoms with Crippen molar-refractivity contribution in [2.45, 2.75) is 18.9 Å². The molecular formula is C20H21N5O2. The number of carbonyl (C=O) groups excluding carboxylic acids is 1. The van der Waals surface area contributed by atoms with Gasteiger partial charge >= 0.3 is 0 Å². The molecule has 1 aliphatic rings. The number of nitrogens with zero attached hydrogens (tertiary/aromatic N) is 5. The number of benzene rings is 2. The van der Waals surface area contributed by atoms with Gasteiger partial charge < -0.3 is 9.64 Å². The van der Waals surface area contributed by atoms with Gasteiger partial charge in [-0.25, -0.2) is 0 Å². The number of aromatic nitrogens is 4. The maximum Gasteiger partial charge on any atom is 0.254 e. The van der Waals surface area contributed by atoms with E-state index in [1.165, 1.54) is 4.80 Å². The van der Waals surface area contributed by atoms with Crippen LogP contribution in [0.3, 0.4) is 0 Å². The molecule has 1 saturated heterocycles. The molecule has 0 saturated carbocycles. The molecule has 2 heterocycles. The van der Waals surface area contributed by atoms with Crippen LogP contribution in [0.25, 0.3) is 11.4 Å². The molecule has 0 radical (unpaired) electrons. The lowest BCUT2D eigenvalue weighted by Gasteiger charge is -2.25. The number of carbonyl (C=O) groups is 1. The van der Waals surface area contributed by atoms with Gasteiger partial charge in [-0.1, -0.05) is 24.3 Å². The summed E-state index contributed by atoms with van der Waals surface area (Å²) >= 11 is 0. The first-order valence-electron chi connectivity index (χ1n) is 8.95. The van der Waals surface area contributed by atoms with Crippen molar-refractivity contribution >= 4 is 5.91 Å². The minimum atomic E-state index is 0.0407. The lowest BCUT2D eigenvalue weighted by molar-refractivity contribution is 0.0735. The Bertz CT molecular complexity index is 951. The molecule has 1 aromatic heterocycles. The second kappa shape index (κ2) is 7.19. The largest absolute Gasteiger partial charge is 0.497 e. The molecule has 27 heavy (non-hydrogen) atoms. The topological polar surface area (TPSA) is 73.1 Å². The van der Waals surface area contributed by atoms with Crippen LogP contribution in [0.15, 0.2) is 48.5 Å². The van der Waals surface area contributed by atoms with Crippen molar-refractivity contribution in [2.24, 2.45) is 7.05 Å². The molecule has 1 atom stereocenters. The van der Waals surface area contributed by atoms with E-state index in [9.17, 15) is 4.79 Å². The Hall–Kier alpha value is -3.22. The summed E-state index contributed by atoms with van der Waals surface area (Å²) in [6.07, 6.45) is 1.95. The first kappa shape index (κ1) is 17.2. The Morgan fingerprint density at radius 3 is 2.70 bits per heavy atom. The fourth-order valence-electron chi connectivity index (χ4n) is 3.53. The Kier molecular flexibility index (Phi) is 4.58. The number of rotatable bonds is 4. The molecule has 4 rings (SSSR count).